The van der Waals surface area contributed by atoms with Crippen LogP contribution >= 0.6 is 11.3 Å². The highest BCUT2D eigenvalue weighted by Gasteiger charge is 2.11. The molecule has 0 radical (unpaired) electrons. The van der Waals surface area contributed by atoms with Crippen molar-refractivity contribution in [2.75, 3.05) is 0 Å². The third-order valence-corrected chi connectivity index (χ3v) is 4.08. The van der Waals surface area contributed by atoms with E-state index in [1.54, 1.807) is 0 Å². The zero-order valence-corrected chi connectivity index (χ0v) is 10.7. The summed E-state index contributed by atoms with van der Waals surface area (Å²) in [5, 5.41) is 9.16. The van der Waals surface area contributed by atoms with E-state index in [1.807, 2.05) is 23.5 Å². The maximum absolute atomic E-state index is 9.16. The predicted molar refractivity (Wildman–Crippen MR) is 69.9 cm³/mol. The molecule has 0 fully saturated rings. The average Bonchev–Trinajstić information content (AvgIpc) is 2.53. The summed E-state index contributed by atoms with van der Waals surface area (Å²) in [6.07, 6.45) is 0. The zero-order valence-electron chi connectivity index (χ0n) is 9.87. The smallest absolute Gasteiger partial charge is 0.0682 e. The van der Waals surface area contributed by atoms with Crippen molar-refractivity contribution in [3.63, 3.8) is 0 Å². The van der Waals surface area contributed by atoms with Crippen LogP contribution in [-0.2, 0) is 6.61 Å². The number of aryl methyl sites for hydroxylation is 2. The summed E-state index contributed by atoms with van der Waals surface area (Å²) in [6, 6.07) is 8.14. The maximum atomic E-state index is 9.16. The van der Waals surface area contributed by atoms with Crippen LogP contribution in [0.1, 0.15) is 20.9 Å². The Balaban J connectivity index is 2.58. The fourth-order valence-electron chi connectivity index (χ4n) is 2.04. The number of aliphatic hydroxyl groups excluding tert-OH is 1. The number of hydrogen-bond donors (Lipinski definition) is 1. The molecule has 0 atom stereocenters. The Morgan fingerprint density at radius 2 is 1.88 bits per heavy atom. The van der Waals surface area contributed by atoms with E-state index in [-0.39, 0.29) is 6.61 Å². The Morgan fingerprint density at radius 1 is 1.12 bits per heavy atom. The molecule has 0 aliphatic carbocycles. The van der Waals surface area contributed by atoms with Gasteiger partial charge in [0.2, 0.25) is 0 Å². The van der Waals surface area contributed by atoms with Gasteiger partial charge in [-0.15, -0.1) is 11.3 Å². The monoisotopic (exact) mass is 232 g/mol. The molecule has 2 rings (SSSR count). The van der Waals surface area contributed by atoms with E-state index >= 15 is 0 Å². The SMILES string of the molecule is Cc1sc(C)c(-c2cccc(CO)c2)c1C. The standard InChI is InChI=1S/C14H16OS/c1-9-10(2)16-11(3)14(9)13-6-4-5-12(7-13)8-15/h4-7,15H,8H2,1-3H3. The molecule has 84 valence electrons. The minimum absolute atomic E-state index is 0.106. The van der Waals surface area contributed by atoms with Crippen LogP contribution in [0, 0.1) is 20.8 Å². The lowest BCUT2D eigenvalue weighted by molar-refractivity contribution is 0.282. The van der Waals surface area contributed by atoms with Crippen LogP contribution < -0.4 is 0 Å². The molecule has 2 heteroatoms. The van der Waals surface area contributed by atoms with Gasteiger partial charge in [0, 0.05) is 9.75 Å². The van der Waals surface area contributed by atoms with Gasteiger partial charge in [0.25, 0.3) is 0 Å². The van der Waals surface area contributed by atoms with Crippen molar-refractivity contribution in [1.29, 1.82) is 0 Å². The van der Waals surface area contributed by atoms with Crippen molar-refractivity contribution in [3.05, 3.63) is 45.1 Å². The van der Waals surface area contributed by atoms with Crippen molar-refractivity contribution in [1.82, 2.24) is 0 Å². The first-order valence-electron chi connectivity index (χ1n) is 5.40. The second kappa shape index (κ2) is 4.40. The molecule has 2 aromatic rings. The lowest BCUT2D eigenvalue weighted by Crippen LogP contribution is -1.86. The number of benzene rings is 1. The molecule has 0 bridgehead atoms. The summed E-state index contributed by atoms with van der Waals surface area (Å²) in [5.41, 5.74) is 4.88. The number of aliphatic hydroxyl groups is 1. The largest absolute Gasteiger partial charge is 0.392 e. The Labute approximate surface area is 100 Å². The van der Waals surface area contributed by atoms with Crippen molar-refractivity contribution >= 4 is 11.3 Å². The van der Waals surface area contributed by atoms with Crippen LogP contribution in [-0.4, -0.2) is 5.11 Å². The Kier molecular flexibility index (Phi) is 3.13. The highest BCUT2D eigenvalue weighted by atomic mass is 32.1. The first-order chi connectivity index (χ1) is 7.63. The number of rotatable bonds is 2. The quantitative estimate of drug-likeness (QED) is 0.834. The van der Waals surface area contributed by atoms with Gasteiger partial charge in [0.15, 0.2) is 0 Å². The molecule has 1 aromatic heterocycles. The van der Waals surface area contributed by atoms with E-state index in [0.29, 0.717) is 0 Å². The number of hydrogen-bond acceptors (Lipinski definition) is 2. The molecule has 1 heterocycles. The average molecular weight is 232 g/mol. The normalized spacial score (nSPS) is 10.8. The first-order valence-corrected chi connectivity index (χ1v) is 6.22. The molecule has 0 amide bonds. The highest BCUT2D eigenvalue weighted by molar-refractivity contribution is 7.12. The molecule has 1 nitrogen and oxygen atoms in total. The van der Waals surface area contributed by atoms with Gasteiger partial charge in [-0.05, 0) is 49.1 Å². The van der Waals surface area contributed by atoms with E-state index < -0.39 is 0 Å². The fourth-order valence-corrected chi connectivity index (χ4v) is 3.13. The van der Waals surface area contributed by atoms with Gasteiger partial charge >= 0.3 is 0 Å². The maximum Gasteiger partial charge on any atom is 0.0682 e. The van der Waals surface area contributed by atoms with Crippen LogP contribution in [0.4, 0.5) is 0 Å². The second-order valence-corrected chi connectivity index (χ2v) is 5.50. The van der Waals surface area contributed by atoms with Crippen molar-refractivity contribution in [2.24, 2.45) is 0 Å². The van der Waals surface area contributed by atoms with Gasteiger partial charge in [0.1, 0.15) is 0 Å². The Morgan fingerprint density at radius 3 is 2.44 bits per heavy atom. The molecular formula is C14H16OS. The summed E-state index contributed by atoms with van der Waals surface area (Å²) >= 11 is 1.84. The molecule has 0 spiro atoms. The Hall–Kier alpha value is -1.12. The van der Waals surface area contributed by atoms with Crippen LogP contribution in [0.3, 0.4) is 0 Å². The van der Waals surface area contributed by atoms with E-state index in [2.05, 4.69) is 32.9 Å². The second-order valence-electron chi connectivity index (χ2n) is 4.07. The molecule has 0 aliphatic heterocycles. The topological polar surface area (TPSA) is 20.2 Å². The fraction of sp³-hybridized carbons (Fsp3) is 0.286. The highest BCUT2D eigenvalue weighted by Crippen LogP contribution is 2.35. The number of thiophene rings is 1. The van der Waals surface area contributed by atoms with E-state index in [9.17, 15) is 0 Å². The third-order valence-electron chi connectivity index (χ3n) is 2.96. The van der Waals surface area contributed by atoms with Gasteiger partial charge in [-0.25, -0.2) is 0 Å². The van der Waals surface area contributed by atoms with Crippen LogP contribution in [0.15, 0.2) is 24.3 Å². The third kappa shape index (κ3) is 1.91. The van der Waals surface area contributed by atoms with Crippen molar-refractivity contribution < 1.29 is 5.11 Å². The molecule has 0 saturated carbocycles. The molecule has 0 aliphatic rings. The van der Waals surface area contributed by atoms with Gasteiger partial charge in [-0.1, -0.05) is 18.2 Å². The van der Waals surface area contributed by atoms with Crippen molar-refractivity contribution in [3.8, 4) is 11.1 Å². The molecule has 0 unspecified atom stereocenters. The van der Waals surface area contributed by atoms with E-state index in [4.69, 9.17) is 5.11 Å². The summed E-state index contributed by atoms with van der Waals surface area (Å²) in [6.45, 7) is 6.59. The lowest BCUT2D eigenvalue weighted by atomic mass is 10.00. The van der Waals surface area contributed by atoms with E-state index in [1.165, 1.54) is 26.4 Å². The van der Waals surface area contributed by atoms with E-state index in [0.717, 1.165) is 5.56 Å². The molecular weight excluding hydrogens is 216 g/mol. The minimum atomic E-state index is 0.106. The van der Waals surface area contributed by atoms with Crippen LogP contribution in [0.5, 0.6) is 0 Å². The summed E-state index contributed by atoms with van der Waals surface area (Å²) in [7, 11) is 0. The summed E-state index contributed by atoms with van der Waals surface area (Å²) in [5.74, 6) is 0. The molecule has 16 heavy (non-hydrogen) atoms. The Bertz CT molecular complexity index is 511. The van der Waals surface area contributed by atoms with Gasteiger partial charge in [-0.3, -0.25) is 0 Å². The lowest BCUT2D eigenvalue weighted by Gasteiger charge is -2.05. The molecule has 0 saturated heterocycles. The van der Waals surface area contributed by atoms with Crippen LogP contribution in [0.2, 0.25) is 0 Å². The van der Waals surface area contributed by atoms with Gasteiger partial charge in [0.05, 0.1) is 6.61 Å². The molecule has 1 N–H and O–H groups in total. The van der Waals surface area contributed by atoms with Gasteiger partial charge < -0.3 is 5.11 Å². The molecule has 1 aromatic carbocycles. The predicted octanol–water partition coefficient (Wildman–Crippen LogP) is 3.83. The van der Waals surface area contributed by atoms with Crippen LogP contribution in [0.25, 0.3) is 11.1 Å². The first kappa shape index (κ1) is 11.4. The summed E-state index contributed by atoms with van der Waals surface area (Å²) in [4.78, 5) is 2.73. The summed E-state index contributed by atoms with van der Waals surface area (Å²) < 4.78 is 0. The van der Waals surface area contributed by atoms with Gasteiger partial charge in [-0.2, -0.15) is 0 Å². The van der Waals surface area contributed by atoms with Crippen molar-refractivity contribution in [2.45, 2.75) is 27.4 Å². The minimum Gasteiger partial charge on any atom is -0.392 e. The zero-order chi connectivity index (χ0) is 11.7.